The van der Waals surface area contributed by atoms with E-state index in [1.165, 1.54) is 13.0 Å². The van der Waals surface area contributed by atoms with Crippen LogP contribution in [0, 0.1) is 5.92 Å². The summed E-state index contributed by atoms with van der Waals surface area (Å²) >= 11 is 3.53. The SMILES string of the molecule is CCC1COCCN1CC(C)CBr. The van der Waals surface area contributed by atoms with Crippen molar-refractivity contribution in [2.24, 2.45) is 5.92 Å². The fourth-order valence-corrected chi connectivity index (χ4v) is 1.96. The summed E-state index contributed by atoms with van der Waals surface area (Å²) in [4.78, 5) is 2.56. The van der Waals surface area contributed by atoms with E-state index in [0.717, 1.165) is 31.0 Å². The Kier molecular flexibility index (Phi) is 5.29. The van der Waals surface area contributed by atoms with Crippen LogP contribution in [-0.2, 0) is 4.74 Å². The first-order valence-corrected chi connectivity index (χ1v) is 6.27. The van der Waals surface area contributed by atoms with Gasteiger partial charge in [0.25, 0.3) is 0 Å². The highest BCUT2D eigenvalue weighted by molar-refractivity contribution is 9.09. The summed E-state index contributed by atoms with van der Waals surface area (Å²) in [6.07, 6.45) is 1.20. The topological polar surface area (TPSA) is 12.5 Å². The van der Waals surface area contributed by atoms with Gasteiger partial charge in [-0.25, -0.2) is 0 Å². The predicted octanol–water partition coefficient (Wildman–Crippen LogP) is 2.13. The standard InChI is InChI=1S/C10H20BrNO/c1-3-10-8-13-5-4-12(10)7-9(2)6-11/h9-10H,3-8H2,1-2H3. The maximum absolute atomic E-state index is 5.47. The molecule has 2 unspecified atom stereocenters. The van der Waals surface area contributed by atoms with Gasteiger partial charge in [0.15, 0.2) is 0 Å². The van der Waals surface area contributed by atoms with Crippen LogP contribution in [0.15, 0.2) is 0 Å². The second-order valence-electron chi connectivity index (χ2n) is 3.89. The molecule has 0 aliphatic carbocycles. The number of halogens is 1. The first kappa shape index (κ1) is 11.5. The molecule has 1 rings (SSSR count). The van der Waals surface area contributed by atoms with E-state index in [1.807, 2.05) is 0 Å². The van der Waals surface area contributed by atoms with E-state index in [9.17, 15) is 0 Å². The molecule has 0 spiro atoms. The molecule has 2 nitrogen and oxygen atoms in total. The lowest BCUT2D eigenvalue weighted by molar-refractivity contribution is -0.0131. The smallest absolute Gasteiger partial charge is 0.0622 e. The van der Waals surface area contributed by atoms with Crippen molar-refractivity contribution in [3.8, 4) is 0 Å². The summed E-state index contributed by atoms with van der Waals surface area (Å²) in [6, 6.07) is 0.648. The van der Waals surface area contributed by atoms with E-state index in [1.54, 1.807) is 0 Å². The van der Waals surface area contributed by atoms with Crippen molar-refractivity contribution in [2.75, 3.05) is 31.6 Å². The van der Waals surface area contributed by atoms with E-state index < -0.39 is 0 Å². The Morgan fingerprint density at radius 2 is 2.38 bits per heavy atom. The predicted molar refractivity (Wildman–Crippen MR) is 59.4 cm³/mol. The van der Waals surface area contributed by atoms with Crippen molar-refractivity contribution in [2.45, 2.75) is 26.3 Å². The highest BCUT2D eigenvalue weighted by Crippen LogP contribution is 2.13. The van der Waals surface area contributed by atoms with Gasteiger partial charge in [0.2, 0.25) is 0 Å². The zero-order valence-corrected chi connectivity index (χ0v) is 10.2. The van der Waals surface area contributed by atoms with Gasteiger partial charge >= 0.3 is 0 Å². The second-order valence-corrected chi connectivity index (χ2v) is 4.54. The van der Waals surface area contributed by atoms with Crippen molar-refractivity contribution >= 4 is 15.9 Å². The van der Waals surface area contributed by atoms with Crippen LogP contribution in [0.25, 0.3) is 0 Å². The van der Waals surface area contributed by atoms with Crippen LogP contribution >= 0.6 is 15.9 Å². The van der Waals surface area contributed by atoms with Crippen LogP contribution in [0.2, 0.25) is 0 Å². The normalized spacial score (nSPS) is 27.5. The number of ether oxygens (including phenoxy) is 1. The molecule has 1 aliphatic heterocycles. The van der Waals surface area contributed by atoms with E-state index in [2.05, 4.69) is 34.7 Å². The van der Waals surface area contributed by atoms with Crippen molar-refractivity contribution in [3.63, 3.8) is 0 Å². The molecule has 1 saturated heterocycles. The van der Waals surface area contributed by atoms with E-state index in [4.69, 9.17) is 4.74 Å². The van der Waals surface area contributed by atoms with Gasteiger partial charge in [0.1, 0.15) is 0 Å². The highest BCUT2D eigenvalue weighted by Gasteiger charge is 2.22. The highest BCUT2D eigenvalue weighted by atomic mass is 79.9. The van der Waals surface area contributed by atoms with Crippen LogP contribution < -0.4 is 0 Å². The molecule has 0 bridgehead atoms. The van der Waals surface area contributed by atoms with Gasteiger partial charge in [-0.2, -0.15) is 0 Å². The minimum absolute atomic E-state index is 0.648. The lowest BCUT2D eigenvalue weighted by Crippen LogP contribution is -2.46. The van der Waals surface area contributed by atoms with Gasteiger partial charge in [-0.1, -0.05) is 29.8 Å². The summed E-state index contributed by atoms with van der Waals surface area (Å²) in [5.74, 6) is 0.743. The van der Waals surface area contributed by atoms with Crippen molar-refractivity contribution in [3.05, 3.63) is 0 Å². The van der Waals surface area contributed by atoms with Gasteiger partial charge in [-0.05, 0) is 12.3 Å². The fraction of sp³-hybridized carbons (Fsp3) is 1.00. The minimum Gasteiger partial charge on any atom is -0.378 e. The first-order valence-electron chi connectivity index (χ1n) is 5.15. The first-order chi connectivity index (χ1) is 6.27. The minimum atomic E-state index is 0.648. The van der Waals surface area contributed by atoms with Crippen LogP contribution in [0.5, 0.6) is 0 Å². The molecule has 78 valence electrons. The number of hydrogen-bond donors (Lipinski definition) is 0. The molecule has 3 heteroatoms. The number of nitrogens with zero attached hydrogens (tertiary/aromatic N) is 1. The monoisotopic (exact) mass is 249 g/mol. The Hall–Kier alpha value is 0.400. The Bertz CT molecular complexity index is 143. The summed E-state index contributed by atoms with van der Waals surface area (Å²) in [5.41, 5.74) is 0. The van der Waals surface area contributed by atoms with Crippen LogP contribution in [-0.4, -0.2) is 42.6 Å². The fourth-order valence-electron chi connectivity index (χ4n) is 1.75. The van der Waals surface area contributed by atoms with Crippen LogP contribution in [0.1, 0.15) is 20.3 Å². The van der Waals surface area contributed by atoms with E-state index in [-0.39, 0.29) is 0 Å². The summed E-state index contributed by atoms with van der Waals surface area (Å²) in [7, 11) is 0. The molecule has 0 aromatic rings. The average molecular weight is 250 g/mol. The lowest BCUT2D eigenvalue weighted by atomic mass is 10.1. The Morgan fingerprint density at radius 3 is 3.00 bits per heavy atom. The Labute approximate surface area is 89.8 Å². The third-order valence-corrected chi connectivity index (χ3v) is 3.74. The molecule has 2 atom stereocenters. The molecule has 1 heterocycles. The van der Waals surface area contributed by atoms with Gasteiger partial charge < -0.3 is 4.74 Å². The van der Waals surface area contributed by atoms with Gasteiger partial charge in [-0.15, -0.1) is 0 Å². The van der Waals surface area contributed by atoms with E-state index >= 15 is 0 Å². The quantitative estimate of drug-likeness (QED) is 0.709. The van der Waals surface area contributed by atoms with Crippen LogP contribution in [0.4, 0.5) is 0 Å². The van der Waals surface area contributed by atoms with Crippen molar-refractivity contribution in [1.82, 2.24) is 4.90 Å². The zero-order chi connectivity index (χ0) is 9.68. The number of alkyl halides is 1. The van der Waals surface area contributed by atoms with Crippen molar-refractivity contribution < 1.29 is 4.74 Å². The molecule has 0 N–H and O–H groups in total. The number of rotatable bonds is 4. The Morgan fingerprint density at radius 1 is 1.62 bits per heavy atom. The zero-order valence-electron chi connectivity index (χ0n) is 8.63. The third kappa shape index (κ3) is 3.56. The summed E-state index contributed by atoms with van der Waals surface area (Å²) in [5, 5.41) is 1.10. The molecular weight excluding hydrogens is 230 g/mol. The largest absolute Gasteiger partial charge is 0.378 e. The average Bonchev–Trinajstić information content (AvgIpc) is 2.18. The van der Waals surface area contributed by atoms with Gasteiger partial charge in [0.05, 0.1) is 13.2 Å². The summed E-state index contributed by atoms with van der Waals surface area (Å²) in [6.45, 7) is 8.67. The number of morpholine rings is 1. The lowest BCUT2D eigenvalue weighted by Gasteiger charge is -2.36. The number of hydrogen-bond acceptors (Lipinski definition) is 2. The Balaban J connectivity index is 2.35. The second kappa shape index (κ2) is 5.99. The maximum Gasteiger partial charge on any atom is 0.0622 e. The van der Waals surface area contributed by atoms with Gasteiger partial charge in [0, 0.05) is 24.5 Å². The molecular formula is C10H20BrNO. The van der Waals surface area contributed by atoms with Crippen molar-refractivity contribution in [1.29, 1.82) is 0 Å². The molecule has 0 radical (unpaired) electrons. The molecule has 0 amide bonds. The molecule has 0 saturated carbocycles. The van der Waals surface area contributed by atoms with Gasteiger partial charge in [-0.3, -0.25) is 4.90 Å². The third-order valence-electron chi connectivity index (χ3n) is 2.63. The molecule has 0 aromatic carbocycles. The van der Waals surface area contributed by atoms with Crippen LogP contribution in [0.3, 0.4) is 0 Å². The molecule has 1 fully saturated rings. The molecule has 0 aromatic heterocycles. The van der Waals surface area contributed by atoms with E-state index in [0.29, 0.717) is 6.04 Å². The summed E-state index contributed by atoms with van der Waals surface area (Å²) < 4.78 is 5.47. The molecule has 13 heavy (non-hydrogen) atoms. The molecule has 1 aliphatic rings. The maximum atomic E-state index is 5.47.